The van der Waals surface area contributed by atoms with Crippen molar-refractivity contribution < 1.29 is 19.2 Å². The second-order valence-electron chi connectivity index (χ2n) is 4.93. The molecule has 2 rings (SSSR count). The van der Waals surface area contributed by atoms with Crippen molar-refractivity contribution in [3.8, 4) is 5.75 Å². The fourth-order valence-corrected chi connectivity index (χ4v) is 2.30. The summed E-state index contributed by atoms with van der Waals surface area (Å²) in [6, 6.07) is 7.68. The van der Waals surface area contributed by atoms with Crippen molar-refractivity contribution in [2.24, 2.45) is 5.92 Å². The molecule has 1 aromatic rings. The maximum Gasteiger partial charge on any atom is 0.251 e. The van der Waals surface area contributed by atoms with Gasteiger partial charge in [0.25, 0.3) is 5.91 Å². The summed E-state index contributed by atoms with van der Waals surface area (Å²) in [5.74, 6) is 0.242. The molecule has 0 spiro atoms. The van der Waals surface area contributed by atoms with Crippen LogP contribution in [0.15, 0.2) is 24.3 Å². The summed E-state index contributed by atoms with van der Waals surface area (Å²) in [6.45, 7) is 0.840. The number of ether oxygens (including phenoxy) is 1. The molecule has 1 N–H and O–H groups in total. The maximum atomic E-state index is 12.2. The van der Waals surface area contributed by atoms with Crippen LogP contribution in [0.5, 0.6) is 5.75 Å². The number of amides is 2. The SMILES string of the molecule is COc1ccc(CCN(OC)C(=O)[C@H]2CNC(=O)C2)cc1. The lowest BCUT2D eigenvalue weighted by atomic mass is 10.1. The highest BCUT2D eigenvalue weighted by Crippen LogP contribution is 2.15. The highest BCUT2D eigenvalue weighted by atomic mass is 16.7. The Morgan fingerprint density at radius 3 is 2.57 bits per heavy atom. The lowest BCUT2D eigenvalue weighted by Crippen LogP contribution is -2.37. The van der Waals surface area contributed by atoms with Gasteiger partial charge in [-0.3, -0.25) is 14.4 Å². The Hall–Kier alpha value is -2.08. The zero-order valence-corrected chi connectivity index (χ0v) is 12.3. The number of nitrogens with one attached hydrogen (secondary N) is 1. The first-order chi connectivity index (χ1) is 10.1. The first-order valence-corrected chi connectivity index (χ1v) is 6.89. The zero-order chi connectivity index (χ0) is 15.2. The molecular weight excluding hydrogens is 272 g/mol. The van der Waals surface area contributed by atoms with Crippen molar-refractivity contribution in [3.05, 3.63) is 29.8 Å². The van der Waals surface area contributed by atoms with E-state index in [2.05, 4.69) is 5.32 Å². The van der Waals surface area contributed by atoms with E-state index in [9.17, 15) is 9.59 Å². The normalized spacial score (nSPS) is 17.4. The van der Waals surface area contributed by atoms with Gasteiger partial charge in [-0.15, -0.1) is 0 Å². The van der Waals surface area contributed by atoms with Crippen LogP contribution in [0.1, 0.15) is 12.0 Å². The lowest BCUT2D eigenvalue weighted by Gasteiger charge is -2.22. The van der Waals surface area contributed by atoms with Crippen molar-refractivity contribution in [3.63, 3.8) is 0 Å². The van der Waals surface area contributed by atoms with E-state index in [1.54, 1.807) is 7.11 Å². The minimum absolute atomic E-state index is 0.0837. The molecule has 0 aromatic heterocycles. The van der Waals surface area contributed by atoms with Crippen LogP contribution in [-0.4, -0.2) is 44.2 Å². The lowest BCUT2D eigenvalue weighted by molar-refractivity contribution is -0.180. The average Bonchev–Trinajstić information content (AvgIpc) is 2.95. The number of hydroxylamine groups is 2. The Balaban J connectivity index is 1.89. The van der Waals surface area contributed by atoms with E-state index >= 15 is 0 Å². The number of carbonyl (C=O) groups excluding carboxylic acids is 2. The van der Waals surface area contributed by atoms with Crippen molar-refractivity contribution in [2.45, 2.75) is 12.8 Å². The van der Waals surface area contributed by atoms with Crippen LogP contribution in [0.25, 0.3) is 0 Å². The van der Waals surface area contributed by atoms with Crippen LogP contribution < -0.4 is 10.1 Å². The molecule has 0 radical (unpaired) electrons. The molecule has 0 unspecified atom stereocenters. The minimum atomic E-state index is -0.326. The van der Waals surface area contributed by atoms with E-state index in [4.69, 9.17) is 9.57 Å². The van der Waals surface area contributed by atoms with Crippen molar-refractivity contribution >= 4 is 11.8 Å². The number of carbonyl (C=O) groups is 2. The van der Waals surface area contributed by atoms with Gasteiger partial charge in [0.05, 0.1) is 26.7 Å². The molecule has 1 heterocycles. The third-order valence-corrected chi connectivity index (χ3v) is 3.56. The fraction of sp³-hybridized carbons (Fsp3) is 0.467. The standard InChI is InChI=1S/C15H20N2O4/c1-20-13-5-3-11(4-6-13)7-8-17(21-2)15(19)12-9-14(18)16-10-12/h3-6,12H,7-10H2,1-2H3,(H,16,18)/t12-/m1/s1. The quantitative estimate of drug-likeness (QED) is 0.786. The molecule has 1 aliphatic rings. The van der Waals surface area contributed by atoms with Gasteiger partial charge in [-0.05, 0) is 24.1 Å². The fourth-order valence-electron chi connectivity index (χ4n) is 2.30. The average molecular weight is 292 g/mol. The highest BCUT2D eigenvalue weighted by Gasteiger charge is 2.31. The predicted octanol–water partition coefficient (Wildman–Crippen LogP) is 0.764. The molecule has 1 saturated heterocycles. The largest absolute Gasteiger partial charge is 0.497 e. The number of rotatable bonds is 6. The van der Waals surface area contributed by atoms with Crippen LogP contribution in [0.3, 0.4) is 0 Å². The molecule has 0 saturated carbocycles. The van der Waals surface area contributed by atoms with E-state index in [1.807, 2.05) is 24.3 Å². The van der Waals surface area contributed by atoms with Crippen LogP contribution in [0.4, 0.5) is 0 Å². The van der Waals surface area contributed by atoms with Gasteiger partial charge in [-0.1, -0.05) is 12.1 Å². The molecular formula is C15H20N2O4. The summed E-state index contributed by atoms with van der Waals surface area (Å²) in [7, 11) is 3.09. The molecule has 6 nitrogen and oxygen atoms in total. The van der Waals surface area contributed by atoms with Crippen molar-refractivity contribution in [1.82, 2.24) is 10.4 Å². The first-order valence-electron chi connectivity index (χ1n) is 6.89. The van der Waals surface area contributed by atoms with E-state index in [-0.39, 0.29) is 24.2 Å². The molecule has 1 atom stereocenters. The summed E-state index contributed by atoms with van der Waals surface area (Å²) < 4.78 is 5.10. The smallest absolute Gasteiger partial charge is 0.251 e. The molecule has 1 aromatic carbocycles. The summed E-state index contributed by atoms with van der Waals surface area (Å²) in [6.07, 6.45) is 0.916. The minimum Gasteiger partial charge on any atom is -0.497 e. The highest BCUT2D eigenvalue weighted by molar-refractivity contribution is 5.88. The zero-order valence-electron chi connectivity index (χ0n) is 12.3. The monoisotopic (exact) mass is 292 g/mol. The molecule has 0 bridgehead atoms. The van der Waals surface area contributed by atoms with Crippen LogP contribution in [0.2, 0.25) is 0 Å². The number of methoxy groups -OCH3 is 1. The summed E-state index contributed by atoms with van der Waals surface area (Å²) >= 11 is 0. The predicted molar refractivity (Wildman–Crippen MR) is 76.5 cm³/mol. The Morgan fingerprint density at radius 2 is 2.05 bits per heavy atom. The number of nitrogens with zero attached hydrogens (tertiary/aromatic N) is 1. The number of hydrogen-bond donors (Lipinski definition) is 1. The second-order valence-corrected chi connectivity index (χ2v) is 4.93. The van der Waals surface area contributed by atoms with E-state index < -0.39 is 0 Å². The Kier molecular flexibility index (Phi) is 5.16. The van der Waals surface area contributed by atoms with E-state index in [1.165, 1.54) is 12.2 Å². The van der Waals surface area contributed by atoms with E-state index in [0.717, 1.165) is 11.3 Å². The summed E-state index contributed by atoms with van der Waals surface area (Å²) in [5, 5.41) is 3.99. The van der Waals surface area contributed by atoms with Gasteiger partial charge >= 0.3 is 0 Å². The van der Waals surface area contributed by atoms with Crippen LogP contribution in [-0.2, 0) is 20.8 Å². The summed E-state index contributed by atoms with van der Waals surface area (Å²) in [4.78, 5) is 28.6. The third-order valence-electron chi connectivity index (χ3n) is 3.56. The molecule has 6 heteroatoms. The van der Waals surface area contributed by atoms with Gasteiger partial charge < -0.3 is 10.1 Å². The topological polar surface area (TPSA) is 67.9 Å². The molecule has 2 amide bonds. The van der Waals surface area contributed by atoms with Gasteiger partial charge in [0, 0.05) is 13.0 Å². The number of hydrogen-bond acceptors (Lipinski definition) is 4. The van der Waals surface area contributed by atoms with Gasteiger partial charge in [-0.2, -0.15) is 0 Å². The van der Waals surface area contributed by atoms with Crippen LogP contribution in [0, 0.1) is 5.92 Å². The van der Waals surface area contributed by atoms with E-state index in [0.29, 0.717) is 19.5 Å². The van der Waals surface area contributed by atoms with Crippen molar-refractivity contribution in [2.75, 3.05) is 27.3 Å². The summed E-state index contributed by atoms with van der Waals surface area (Å²) in [5.41, 5.74) is 1.09. The third kappa shape index (κ3) is 3.95. The molecule has 0 aliphatic carbocycles. The molecule has 114 valence electrons. The van der Waals surface area contributed by atoms with Gasteiger partial charge in [0.15, 0.2) is 0 Å². The first kappa shape index (κ1) is 15.3. The molecule has 1 fully saturated rings. The Labute approximate surface area is 124 Å². The maximum absolute atomic E-state index is 12.2. The van der Waals surface area contributed by atoms with Gasteiger partial charge in [0.1, 0.15) is 5.75 Å². The molecule has 21 heavy (non-hydrogen) atoms. The number of benzene rings is 1. The Morgan fingerprint density at radius 1 is 1.33 bits per heavy atom. The second kappa shape index (κ2) is 7.08. The molecule has 1 aliphatic heterocycles. The van der Waals surface area contributed by atoms with Crippen molar-refractivity contribution in [1.29, 1.82) is 0 Å². The Bertz CT molecular complexity index is 501. The van der Waals surface area contributed by atoms with Gasteiger partial charge in [-0.25, -0.2) is 5.06 Å². The van der Waals surface area contributed by atoms with Gasteiger partial charge in [0.2, 0.25) is 5.91 Å². The van der Waals surface area contributed by atoms with Crippen LogP contribution >= 0.6 is 0 Å².